The molecular formula is C15H30N2. The van der Waals surface area contributed by atoms with Crippen LogP contribution in [0.3, 0.4) is 0 Å². The molecule has 2 nitrogen and oxygen atoms in total. The van der Waals surface area contributed by atoms with Gasteiger partial charge in [-0.3, -0.25) is 4.90 Å². The fourth-order valence-electron chi connectivity index (χ4n) is 3.65. The van der Waals surface area contributed by atoms with Gasteiger partial charge in [0.2, 0.25) is 0 Å². The van der Waals surface area contributed by atoms with Crippen molar-refractivity contribution in [3.05, 3.63) is 0 Å². The van der Waals surface area contributed by atoms with Gasteiger partial charge in [-0.2, -0.15) is 0 Å². The van der Waals surface area contributed by atoms with Gasteiger partial charge in [-0.05, 0) is 38.5 Å². The van der Waals surface area contributed by atoms with Crippen molar-refractivity contribution in [2.75, 3.05) is 19.6 Å². The molecule has 1 heterocycles. The van der Waals surface area contributed by atoms with Crippen LogP contribution in [0, 0.1) is 11.8 Å². The van der Waals surface area contributed by atoms with Crippen molar-refractivity contribution in [1.29, 1.82) is 0 Å². The summed E-state index contributed by atoms with van der Waals surface area (Å²) in [6.45, 7) is 13.2. The molecule has 0 radical (unpaired) electrons. The Labute approximate surface area is 107 Å². The Morgan fingerprint density at radius 3 is 2.47 bits per heavy atom. The summed E-state index contributed by atoms with van der Waals surface area (Å²) in [6.07, 6.45) is 5.52. The van der Waals surface area contributed by atoms with Gasteiger partial charge in [-0.1, -0.05) is 26.7 Å². The Morgan fingerprint density at radius 1 is 1.29 bits per heavy atom. The molecule has 1 saturated carbocycles. The lowest BCUT2D eigenvalue weighted by atomic mass is 9.88. The van der Waals surface area contributed by atoms with Crippen molar-refractivity contribution in [3.8, 4) is 0 Å². The minimum Gasteiger partial charge on any atom is -0.309 e. The average Bonchev–Trinajstić information content (AvgIpc) is 3.14. The molecule has 2 rings (SSSR count). The van der Waals surface area contributed by atoms with Crippen LogP contribution >= 0.6 is 0 Å². The third-order valence-electron chi connectivity index (χ3n) is 5.24. The van der Waals surface area contributed by atoms with Gasteiger partial charge in [-0.25, -0.2) is 0 Å². The van der Waals surface area contributed by atoms with E-state index in [-0.39, 0.29) is 0 Å². The highest BCUT2D eigenvalue weighted by Crippen LogP contribution is 2.41. The topological polar surface area (TPSA) is 15.3 Å². The van der Waals surface area contributed by atoms with E-state index in [2.05, 4.69) is 37.9 Å². The monoisotopic (exact) mass is 238 g/mol. The molecule has 2 fully saturated rings. The summed E-state index contributed by atoms with van der Waals surface area (Å²) in [5, 5.41) is 3.78. The normalized spacial score (nSPS) is 33.0. The van der Waals surface area contributed by atoms with Gasteiger partial charge in [0.25, 0.3) is 0 Å². The van der Waals surface area contributed by atoms with E-state index in [1.54, 1.807) is 0 Å². The first-order valence-electron chi connectivity index (χ1n) is 7.59. The predicted molar refractivity (Wildman–Crippen MR) is 74.2 cm³/mol. The zero-order valence-electron chi connectivity index (χ0n) is 12.1. The first kappa shape index (κ1) is 13.4. The van der Waals surface area contributed by atoms with E-state index < -0.39 is 0 Å². The molecule has 2 atom stereocenters. The zero-order chi connectivity index (χ0) is 12.5. The molecule has 100 valence electrons. The third-order valence-corrected chi connectivity index (χ3v) is 5.24. The van der Waals surface area contributed by atoms with Crippen molar-refractivity contribution in [2.24, 2.45) is 11.8 Å². The van der Waals surface area contributed by atoms with E-state index in [4.69, 9.17) is 0 Å². The molecular weight excluding hydrogens is 208 g/mol. The standard InChI is InChI=1S/C15H30N2/c1-5-13(6-2)12(3)17-10-9-16-15(4,11-17)14-7-8-14/h12-14,16H,5-11H2,1-4H3. The highest BCUT2D eigenvalue weighted by molar-refractivity contribution is 5.02. The Balaban J connectivity index is 1.96. The largest absolute Gasteiger partial charge is 0.309 e. The zero-order valence-corrected chi connectivity index (χ0v) is 12.1. The second-order valence-corrected chi connectivity index (χ2v) is 6.41. The number of rotatable bonds is 5. The summed E-state index contributed by atoms with van der Waals surface area (Å²) >= 11 is 0. The molecule has 1 aliphatic carbocycles. The van der Waals surface area contributed by atoms with Crippen LogP contribution < -0.4 is 5.32 Å². The maximum atomic E-state index is 3.78. The van der Waals surface area contributed by atoms with Gasteiger partial charge in [0, 0.05) is 31.2 Å². The summed E-state index contributed by atoms with van der Waals surface area (Å²) in [4.78, 5) is 2.74. The summed E-state index contributed by atoms with van der Waals surface area (Å²) in [6, 6.07) is 0.755. The molecule has 17 heavy (non-hydrogen) atoms. The van der Waals surface area contributed by atoms with Crippen molar-refractivity contribution in [3.63, 3.8) is 0 Å². The fraction of sp³-hybridized carbons (Fsp3) is 1.00. The number of hydrogen-bond donors (Lipinski definition) is 1. The van der Waals surface area contributed by atoms with Crippen LogP contribution in [-0.2, 0) is 0 Å². The van der Waals surface area contributed by atoms with Crippen molar-refractivity contribution in [2.45, 2.75) is 65.0 Å². The maximum Gasteiger partial charge on any atom is 0.0309 e. The molecule has 0 aromatic carbocycles. The molecule has 0 spiro atoms. The molecule has 0 bridgehead atoms. The Morgan fingerprint density at radius 2 is 1.94 bits per heavy atom. The van der Waals surface area contributed by atoms with E-state index in [0.29, 0.717) is 5.54 Å². The molecule has 0 amide bonds. The maximum absolute atomic E-state index is 3.78. The molecule has 1 aliphatic heterocycles. The van der Waals surface area contributed by atoms with Gasteiger partial charge in [-0.15, -0.1) is 0 Å². The molecule has 1 N–H and O–H groups in total. The third kappa shape index (κ3) is 2.85. The second kappa shape index (κ2) is 5.27. The minimum atomic E-state index is 0.401. The number of nitrogens with one attached hydrogen (secondary N) is 1. The SMILES string of the molecule is CCC(CC)C(C)N1CCNC(C)(C2CC2)C1. The van der Waals surface area contributed by atoms with Crippen LogP contribution in [0.5, 0.6) is 0 Å². The lowest BCUT2D eigenvalue weighted by Gasteiger charge is -2.46. The molecule has 0 aromatic heterocycles. The van der Waals surface area contributed by atoms with Gasteiger partial charge in [0.1, 0.15) is 0 Å². The second-order valence-electron chi connectivity index (χ2n) is 6.41. The first-order valence-corrected chi connectivity index (χ1v) is 7.59. The summed E-state index contributed by atoms with van der Waals surface area (Å²) < 4.78 is 0. The van der Waals surface area contributed by atoms with Crippen molar-refractivity contribution >= 4 is 0 Å². The van der Waals surface area contributed by atoms with E-state index in [1.165, 1.54) is 45.3 Å². The van der Waals surface area contributed by atoms with Crippen LogP contribution in [-0.4, -0.2) is 36.1 Å². The van der Waals surface area contributed by atoms with E-state index in [1.807, 2.05) is 0 Å². The summed E-state index contributed by atoms with van der Waals surface area (Å²) in [5.74, 6) is 1.82. The number of hydrogen-bond acceptors (Lipinski definition) is 2. The Hall–Kier alpha value is -0.0800. The quantitative estimate of drug-likeness (QED) is 0.792. The van der Waals surface area contributed by atoms with Crippen molar-refractivity contribution in [1.82, 2.24) is 10.2 Å². The van der Waals surface area contributed by atoms with Gasteiger partial charge in [0.05, 0.1) is 0 Å². The summed E-state index contributed by atoms with van der Waals surface area (Å²) in [5.41, 5.74) is 0.401. The van der Waals surface area contributed by atoms with E-state index in [0.717, 1.165) is 17.9 Å². The van der Waals surface area contributed by atoms with Crippen molar-refractivity contribution < 1.29 is 0 Å². The fourth-order valence-corrected chi connectivity index (χ4v) is 3.65. The smallest absolute Gasteiger partial charge is 0.0309 e. The first-order chi connectivity index (χ1) is 8.10. The van der Waals surface area contributed by atoms with Crippen LogP contribution in [0.15, 0.2) is 0 Å². The molecule has 2 unspecified atom stereocenters. The lowest BCUT2D eigenvalue weighted by molar-refractivity contribution is 0.0667. The van der Waals surface area contributed by atoms with Crippen LogP contribution in [0.2, 0.25) is 0 Å². The molecule has 2 heteroatoms. The van der Waals surface area contributed by atoms with Crippen LogP contribution in [0.4, 0.5) is 0 Å². The van der Waals surface area contributed by atoms with Gasteiger partial charge < -0.3 is 5.32 Å². The highest BCUT2D eigenvalue weighted by atomic mass is 15.2. The lowest BCUT2D eigenvalue weighted by Crippen LogP contribution is -2.62. The van der Waals surface area contributed by atoms with Crippen LogP contribution in [0.25, 0.3) is 0 Å². The molecule has 0 aromatic rings. The van der Waals surface area contributed by atoms with Gasteiger partial charge in [0.15, 0.2) is 0 Å². The highest BCUT2D eigenvalue weighted by Gasteiger charge is 2.44. The molecule has 1 saturated heterocycles. The molecule has 2 aliphatic rings. The minimum absolute atomic E-state index is 0.401. The number of nitrogens with zero attached hydrogens (tertiary/aromatic N) is 1. The Kier molecular flexibility index (Phi) is 4.14. The predicted octanol–water partition coefficient (Wildman–Crippen LogP) is 2.89. The number of piperazine rings is 1. The summed E-state index contributed by atoms with van der Waals surface area (Å²) in [7, 11) is 0. The average molecular weight is 238 g/mol. The van der Waals surface area contributed by atoms with Gasteiger partial charge >= 0.3 is 0 Å². The van der Waals surface area contributed by atoms with E-state index >= 15 is 0 Å². The Bertz CT molecular complexity index is 245. The van der Waals surface area contributed by atoms with Crippen LogP contribution in [0.1, 0.15) is 53.4 Å². The van der Waals surface area contributed by atoms with E-state index in [9.17, 15) is 0 Å².